The molecule has 2 amide bonds. The summed E-state index contributed by atoms with van der Waals surface area (Å²) in [6, 6.07) is 13.2. The monoisotopic (exact) mass is 364 g/mol. The second kappa shape index (κ2) is 6.75. The molecule has 4 rings (SSSR count). The first kappa shape index (κ1) is 17.1. The summed E-state index contributed by atoms with van der Waals surface area (Å²) in [5, 5.41) is 2.79. The molecule has 2 heterocycles. The number of nitrogens with one attached hydrogen (secondary N) is 2. The van der Waals surface area contributed by atoms with Gasteiger partial charge in [0.1, 0.15) is 5.75 Å². The molecule has 7 heteroatoms. The van der Waals surface area contributed by atoms with Gasteiger partial charge in [0, 0.05) is 13.0 Å². The zero-order chi connectivity index (χ0) is 19.0. The van der Waals surface area contributed by atoms with Crippen LogP contribution in [0.25, 0.3) is 11.0 Å². The Labute approximate surface area is 156 Å². The van der Waals surface area contributed by atoms with E-state index in [2.05, 4.69) is 15.3 Å². The van der Waals surface area contributed by atoms with Gasteiger partial charge in [-0.3, -0.25) is 14.9 Å². The van der Waals surface area contributed by atoms with Gasteiger partial charge in [0.15, 0.2) is 0 Å². The molecule has 0 aliphatic carbocycles. The van der Waals surface area contributed by atoms with Crippen molar-refractivity contribution in [3.8, 4) is 5.75 Å². The summed E-state index contributed by atoms with van der Waals surface area (Å²) in [7, 11) is 1.57. The van der Waals surface area contributed by atoms with E-state index in [4.69, 9.17) is 4.74 Å². The van der Waals surface area contributed by atoms with Gasteiger partial charge in [-0.2, -0.15) is 0 Å². The number of carbonyl (C=O) groups excluding carboxylic acids is 2. The van der Waals surface area contributed by atoms with Gasteiger partial charge >= 0.3 is 0 Å². The fourth-order valence-corrected chi connectivity index (χ4v) is 3.36. The Kier molecular flexibility index (Phi) is 4.27. The molecule has 0 bridgehead atoms. The fraction of sp³-hybridized carbons (Fsp3) is 0.250. The molecule has 1 atom stereocenters. The molecular weight excluding hydrogens is 344 g/mol. The number of rotatable bonds is 4. The van der Waals surface area contributed by atoms with E-state index in [1.807, 2.05) is 49.4 Å². The molecule has 2 N–H and O–H groups in total. The lowest BCUT2D eigenvalue weighted by molar-refractivity contribution is -0.122. The SMILES string of the molecule is COc1ccc(C)cc1N1CC(C(=O)Nc2nc3ccccc3[nH]2)CC1=O. The topological polar surface area (TPSA) is 87.3 Å². The maximum atomic E-state index is 12.7. The van der Waals surface area contributed by atoms with Crippen LogP contribution < -0.4 is 15.0 Å². The average Bonchev–Trinajstić information content (AvgIpc) is 3.24. The highest BCUT2D eigenvalue weighted by atomic mass is 16.5. The van der Waals surface area contributed by atoms with Crippen molar-refractivity contribution in [3.63, 3.8) is 0 Å². The van der Waals surface area contributed by atoms with Crippen LogP contribution in [0.5, 0.6) is 5.75 Å². The molecule has 1 aliphatic rings. The zero-order valence-corrected chi connectivity index (χ0v) is 15.2. The summed E-state index contributed by atoms with van der Waals surface area (Å²) in [5.74, 6) is 0.239. The molecule has 0 spiro atoms. The van der Waals surface area contributed by atoms with E-state index < -0.39 is 5.92 Å². The second-order valence-electron chi connectivity index (χ2n) is 6.67. The molecule has 1 aromatic heterocycles. The van der Waals surface area contributed by atoms with Gasteiger partial charge in [-0.05, 0) is 36.8 Å². The Balaban J connectivity index is 1.51. The number of aryl methyl sites for hydroxylation is 1. The zero-order valence-electron chi connectivity index (χ0n) is 15.2. The maximum Gasteiger partial charge on any atom is 0.232 e. The van der Waals surface area contributed by atoms with Crippen LogP contribution in [-0.2, 0) is 9.59 Å². The van der Waals surface area contributed by atoms with Crippen LogP contribution in [0, 0.1) is 12.8 Å². The number of imidazole rings is 1. The third-order valence-electron chi connectivity index (χ3n) is 4.75. The lowest BCUT2D eigenvalue weighted by atomic mass is 10.1. The molecule has 3 aromatic rings. The van der Waals surface area contributed by atoms with Gasteiger partial charge in [-0.15, -0.1) is 0 Å². The Hall–Kier alpha value is -3.35. The molecule has 0 saturated carbocycles. The van der Waals surface area contributed by atoms with Gasteiger partial charge in [0.25, 0.3) is 0 Å². The normalized spacial score (nSPS) is 16.7. The van der Waals surface area contributed by atoms with Crippen LogP contribution in [0.15, 0.2) is 42.5 Å². The number of H-pyrrole nitrogens is 1. The van der Waals surface area contributed by atoms with Crippen LogP contribution in [0.1, 0.15) is 12.0 Å². The average molecular weight is 364 g/mol. The number of methoxy groups -OCH3 is 1. The fourth-order valence-electron chi connectivity index (χ4n) is 3.36. The summed E-state index contributed by atoms with van der Waals surface area (Å²) in [5.41, 5.74) is 3.35. The van der Waals surface area contributed by atoms with Gasteiger partial charge in [0.2, 0.25) is 17.8 Å². The molecule has 138 valence electrons. The number of hydrogen-bond donors (Lipinski definition) is 2. The number of hydrogen-bond acceptors (Lipinski definition) is 4. The van der Waals surface area contributed by atoms with Crippen LogP contribution in [0.3, 0.4) is 0 Å². The molecule has 1 aliphatic heterocycles. The number of aromatic amines is 1. The minimum Gasteiger partial charge on any atom is -0.495 e. The van der Waals surface area contributed by atoms with Crippen molar-refractivity contribution in [2.24, 2.45) is 5.92 Å². The van der Waals surface area contributed by atoms with Crippen molar-refractivity contribution in [1.82, 2.24) is 9.97 Å². The number of aromatic nitrogens is 2. The van der Waals surface area contributed by atoms with Crippen molar-refractivity contribution < 1.29 is 14.3 Å². The highest BCUT2D eigenvalue weighted by Crippen LogP contribution is 2.34. The van der Waals surface area contributed by atoms with E-state index in [0.29, 0.717) is 23.9 Å². The third-order valence-corrected chi connectivity index (χ3v) is 4.75. The summed E-state index contributed by atoms with van der Waals surface area (Å²) in [6.07, 6.45) is 0.156. The van der Waals surface area contributed by atoms with Crippen LogP contribution >= 0.6 is 0 Å². The van der Waals surface area contributed by atoms with E-state index in [-0.39, 0.29) is 18.2 Å². The molecule has 1 saturated heterocycles. The number of anilines is 2. The first-order chi connectivity index (χ1) is 13.0. The largest absolute Gasteiger partial charge is 0.495 e. The quantitative estimate of drug-likeness (QED) is 0.745. The number of carbonyl (C=O) groups is 2. The number of fused-ring (bicyclic) bond motifs is 1. The summed E-state index contributed by atoms with van der Waals surface area (Å²) >= 11 is 0. The Morgan fingerprint density at radius 3 is 2.89 bits per heavy atom. The Morgan fingerprint density at radius 1 is 1.30 bits per heavy atom. The Bertz CT molecular complexity index is 994. The standard InChI is InChI=1S/C20H20N4O3/c1-12-7-8-17(27-2)16(9-12)24-11-13(10-18(24)25)19(26)23-20-21-14-5-3-4-6-15(14)22-20/h3-9,13H,10-11H2,1-2H3,(H2,21,22,23,26). The summed E-state index contributed by atoms with van der Waals surface area (Å²) in [6.45, 7) is 2.26. The highest BCUT2D eigenvalue weighted by Gasteiger charge is 2.36. The van der Waals surface area contributed by atoms with Crippen LogP contribution in [-0.4, -0.2) is 35.4 Å². The van der Waals surface area contributed by atoms with Crippen molar-refractivity contribution in [3.05, 3.63) is 48.0 Å². The molecular formula is C20H20N4O3. The first-order valence-electron chi connectivity index (χ1n) is 8.76. The predicted octanol–water partition coefficient (Wildman–Crippen LogP) is 2.87. The number of amides is 2. The van der Waals surface area contributed by atoms with Gasteiger partial charge < -0.3 is 14.6 Å². The van der Waals surface area contributed by atoms with E-state index in [0.717, 1.165) is 16.6 Å². The van der Waals surface area contributed by atoms with Crippen LogP contribution in [0.4, 0.5) is 11.6 Å². The van der Waals surface area contributed by atoms with Crippen molar-refractivity contribution in [2.75, 3.05) is 23.9 Å². The molecule has 1 fully saturated rings. The maximum absolute atomic E-state index is 12.7. The molecule has 27 heavy (non-hydrogen) atoms. The molecule has 2 aromatic carbocycles. The number of ether oxygens (including phenoxy) is 1. The van der Waals surface area contributed by atoms with Gasteiger partial charge in [-0.1, -0.05) is 18.2 Å². The minimum atomic E-state index is -0.448. The van der Waals surface area contributed by atoms with E-state index >= 15 is 0 Å². The summed E-state index contributed by atoms with van der Waals surface area (Å²) < 4.78 is 5.38. The van der Waals surface area contributed by atoms with Crippen molar-refractivity contribution >= 4 is 34.5 Å². The van der Waals surface area contributed by atoms with Gasteiger partial charge in [0.05, 0.1) is 29.7 Å². The van der Waals surface area contributed by atoms with Crippen LogP contribution in [0.2, 0.25) is 0 Å². The molecule has 0 radical (unpaired) electrons. The third kappa shape index (κ3) is 3.23. The van der Waals surface area contributed by atoms with Crippen molar-refractivity contribution in [1.29, 1.82) is 0 Å². The second-order valence-corrected chi connectivity index (χ2v) is 6.67. The molecule has 7 nitrogen and oxygen atoms in total. The molecule has 1 unspecified atom stereocenters. The number of benzene rings is 2. The lowest BCUT2D eigenvalue weighted by Crippen LogP contribution is -2.28. The smallest absolute Gasteiger partial charge is 0.232 e. The van der Waals surface area contributed by atoms with Gasteiger partial charge in [-0.25, -0.2) is 4.98 Å². The van der Waals surface area contributed by atoms with E-state index in [1.165, 1.54) is 0 Å². The summed E-state index contributed by atoms with van der Waals surface area (Å²) in [4.78, 5) is 34.2. The Morgan fingerprint density at radius 2 is 2.11 bits per heavy atom. The lowest BCUT2D eigenvalue weighted by Gasteiger charge is -2.20. The first-order valence-corrected chi connectivity index (χ1v) is 8.76. The number of para-hydroxylation sites is 2. The highest BCUT2D eigenvalue weighted by molar-refractivity contribution is 6.04. The minimum absolute atomic E-state index is 0.0938. The van der Waals surface area contributed by atoms with Crippen molar-refractivity contribution in [2.45, 2.75) is 13.3 Å². The predicted molar refractivity (Wildman–Crippen MR) is 103 cm³/mol. The van der Waals surface area contributed by atoms with E-state index in [1.54, 1.807) is 12.0 Å². The number of nitrogens with zero attached hydrogens (tertiary/aromatic N) is 2. The van der Waals surface area contributed by atoms with E-state index in [9.17, 15) is 9.59 Å².